The number of carbonyl (C=O) groups excluding carboxylic acids is 2. The third-order valence-corrected chi connectivity index (χ3v) is 6.65. The number of amides is 2. The van der Waals surface area contributed by atoms with E-state index < -0.39 is 36.5 Å². The van der Waals surface area contributed by atoms with Crippen molar-refractivity contribution in [3.05, 3.63) is 59.7 Å². The smallest absolute Gasteiger partial charge is 0.407 e. The van der Waals surface area contributed by atoms with Crippen molar-refractivity contribution in [1.82, 2.24) is 10.6 Å². The number of rotatable bonds is 8. The molecule has 0 heterocycles. The average molecular weight is 453 g/mol. The molecule has 0 radical (unpaired) electrons. The van der Waals surface area contributed by atoms with Crippen molar-refractivity contribution in [1.29, 1.82) is 0 Å². The second-order valence-corrected chi connectivity index (χ2v) is 8.59. The molecule has 0 aliphatic heterocycles. The van der Waals surface area contributed by atoms with E-state index in [2.05, 4.69) is 34.9 Å². The summed E-state index contributed by atoms with van der Waals surface area (Å²) in [6.07, 6.45) is 1.63. The molecule has 1 fully saturated rings. The summed E-state index contributed by atoms with van der Waals surface area (Å²) in [5.74, 6) is -2.24. The molecule has 0 aromatic heterocycles. The van der Waals surface area contributed by atoms with Gasteiger partial charge in [0, 0.05) is 18.4 Å². The number of nitrogens with one attached hydrogen (secondary N) is 2. The molecule has 2 aromatic carbocycles. The third kappa shape index (κ3) is 4.85. The van der Waals surface area contributed by atoms with Crippen molar-refractivity contribution in [2.75, 3.05) is 19.8 Å². The highest BCUT2D eigenvalue weighted by molar-refractivity contribution is 5.85. The molecule has 0 unspecified atom stereocenters. The Hall–Kier alpha value is -3.39. The summed E-state index contributed by atoms with van der Waals surface area (Å²) < 4.78 is 5.55. The number of carboxylic acid groups (broad SMARTS) is 1. The number of alkyl carbamates (subject to hydrolysis) is 1. The standard InChI is InChI=1S/C25H28N2O6/c28-13-22(24(30)31)27-23(29)16-11-5-6-15(16)12-26-25(32)33-14-21-19-9-3-1-7-17(19)18-8-2-4-10-20(18)21/h1-4,7-10,15-16,21-22,28H,5-6,11-14H2,(H,26,32)(H,27,29)(H,30,31)/t15-,16-,22-/m0/s1. The van der Waals surface area contributed by atoms with E-state index in [1.165, 1.54) is 0 Å². The molecule has 4 N–H and O–H groups in total. The summed E-state index contributed by atoms with van der Waals surface area (Å²) in [5.41, 5.74) is 4.58. The number of aliphatic hydroxyl groups is 1. The quantitative estimate of drug-likeness (QED) is 0.488. The molecule has 2 aliphatic carbocycles. The fourth-order valence-electron chi connectivity index (χ4n) is 4.95. The number of aliphatic hydroxyl groups excluding tert-OH is 1. The van der Waals surface area contributed by atoms with Gasteiger partial charge in [0.1, 0.15) is 12.6 Å². The lowest BCUT2D eigenvalue weighted by atomic mass is 9.95. The van der Waals surface area contributed by atoms with Crippen LogP contribution in [-0.4, -0.2) is 54.0 Å². The van der Waals surface area contributed by atoms with E-state index >= 15 is 0 Å². The number of hydrogen-bond acceptors (Lipinski definition) is 5. The molecule has 8 nitrogen and oxygen atoms in total. The minimum atomic E-state index is -1.33. The van der Waals surface area contributed by atoms with Crippen LogP contribution in [0, 0.1) is 11.8 Å². The third-order valence-electron chi connectivity index (χ3n) is 6.65. The number of benzene rings is 2. The fraction of sp³-hybridized carbons (Fsp3) is 0.400. The van der Waals surface area contributed by atoms with E-state index in [4.69, 9.17) is 14.9 Å². The first-order valence-electron chi connectivity index (χ1n) is 11.2. The first-order valence-corrected chi connectivity index (χ1v) is 11.2. The lowest BCUT2D eigenvalue weighted by molar-refractivity contribution is -0.143. The summed E-state index contributed by atoms with van der Waals surface area (Å²) in [6.45, 7) is -0.187. The second-order valence-electron chi connectivity index (χ2n) is 8.59. The van der Waals surface area contributed by atoms with Gasteiger partial charge in [-0.15, -0.1) is 0 Å². The van der Waals surface area contributed by atoms with Crippen LogP contribution < -0.4 is 10.6 Å². The van der Waals surface area contributed by atoms with Gasteiger partial charge in [-0.05, 0) is 41.0 Å². The zero-order valence-corrected chi connectivity index (χ0v) is 18.2. The first kappa shape index (κ1) is 22.8. The predicted octanol–water partition coefficient (Wildman–Crippen LogP) is 2.50. The maximum absolute atomic E-state index is 12.5. The lowest BCUT2D eigenvalue weighted by Crippen LogP contribution is -2.47. The molecule has 4 rings (SSSR count). The van der Waals surface area contributed by atoms with Gasteiger partial charge < -0.3 is 25.6 Å². The first-order chi connectivity index (χ1) is 16.0. The molecule has 2 aromatic rings. The SMILES string of the molecule is O=C(NC[C@@H]1CCC[C@@H]1C(=O)N[C@@H](CO)C(=O)O)OCC1c2ccccc2-c2ccccc21. The monoisotopic (exact) mass is 452 g/mol. The second kappa shape index (κ2) is 10.0. The summed E-state index contributed by atoms with van der Waals surface area (Å²) in [5, 5.41) is 23.3. The fourth-order valence-corrected chi connectivity index (χ4v) is 4.95. The molecule has 174 valence electrons. The highest BCUT2D eigenvalue weighted by Crippen LogP contribution is 2.44. The minimum absolute atomic E-state index is 0.0282. The Morgan fingerprint density at radius 2 is 1.64 bits per heavy atom. The summed E-state index contributed by atoms with van der Waals surface area (Å²) in [4.78, 5) is 36.0. The van der Waals surface area contributed by atoms with Crippen molar-refractivity contribution < 1.29 is 29.3 Å². The molecule has 0 bridgehead atoms. The largest absolute Gasteiger partial charge is 0.480 e. The number of fused-ring (bicyclic) bond motifs is 3. The van der Waals surface area contributed by atoms with Crippen LogP contribution in [0.5, 0.6) is 0 Å². The van der Waals surface area contributed by atoms with Gasteiger partial charge in [0.05, 0.1) is 6.61 Å². The number of carbonyl (C=O) groups is 3. The van der Waals surface area contributed by atoms with Gasteiger partial charge in [-0.25, -0.2) is 9.59 Å². The van der Waals surface area contributed by atoms with Gasteiger partial charge in [0.15, 0.2) is 0 Å². The molecule has 2 aliphatic rings. The molecule has 33 heavy (non-hydrogen) atoms. The molecule has 3 atom stereocenters. The van der Waals surface area contributed by atoms with Crippen LogP contribution in [0.4, 0.5) is 4.79 Å². The molecule has 8 heteroatoms. The number of ether oxygens (including phenoxy) is 1. The normalized spacial score (nSPS) is 19.9. The Morgan fingerprint density at radius 3 is 2.24 bits per heavy atom. The van der Waals surface area contributed by atoms with Gasteiger partial charge in [-0.3, -0.25) is 4.79 Å². The highest BCUT2D eigenvalue weighted by atomic mass is 16.5. The minimum Gasteiger partial charge on any atom is -0.480 e. The molecular formula is C25H28N2O6. The van der Waals surface area contributed by atoms with Gasteiger partial charge in [-0.1, -0.05) is 55.0 Å². The van der Waals surface area contributed by atoms with Crippen molar-refractivity contribution in [3.63, 3.8) is 0 Å². The van der Waals surface area contributed by atoms with Crippen LogP contribution in [-0.2, 0) is 14.3 Å². The van der Waals surface area contributed by atoms with E-state index in [0.29, 0.717) is 6.42 Å². The van der Waals surface area contributed by atoms with Crippen LogP contribution in [0.15, 0.2) is 48.5 Å². The molecule has 1 saturated carbocycles. The summed E-state index contributed by atoms with van der Waals surface area (Å²) in [6, 6.07) is 14.9. The Balaban J connectivity index is 1.31. The van der Waals surface area contributed by atoms with Crippen LogP contribution in [0.1, 0.15) is 36.3 Å². The van der Waals surface area contributed by atoms with Crippen LogP contribution >= 0.6 is 0 Å². The number of hydrogen-bond donors (Lipinski definition) is 4. The van der Waals surface area contributed by atoms with Gasteiger partial charge in [-0.2, -0.15) is 0 Å². The van der Waals surface area contributed by atoms with Crippen molar-refractivity contribution >= 4 is 18.0 Å². The topological polar surface area (TPSA) is 125 Å². The maximum Gasteiger partial charge on any atom is 0.407 e. The van der Waals surface area contributed by atoms with E-state index in [0.717, 1.165) is 35.1 Å². The van der Waals surface area contributed by atoms with E-state index in [1.54, 1.807) is 0 Å². The summed E-state index contributed by atoms with van der Waals surface area (Å²) in [7, 11) is 0. The van der Waals surface area contributed by atoms with Crippen molar-refractivity contribution in [2.24, 2.45) is 11.8 Å². The maximum atomic E-state index is 12.5. The van der Waals surface area contributed by atoms with Crippen molar-refractivity contribution in [2.45, 2.75) is 31.2 Å². The molecular weight excluding hydrogens is 424 g/mol. The van der Waals surface area contributed by atoms with Gasteiger partial charge >= 0.3 is 12.1 Å². The van der Waals surface area contributed by atoms with Crippen LogP contribution in [0.2, 0.25) is 0 Å². The zero-order chi connectivity index (χ0) is 23.4. The van der Waals surface area contributed by atoms with Crippen molar-refractivity contribution in [3.8, 4) is 11.1 Å². The predicted molar refractivity (Wildman–Crippen MR) is 121 cm³/mol. The van der Waals surface area contributed by atoms with E-state index in [9.17, 15) is 14.4 Å². The molecule has 0 saturated heterocycles. The Morgan fingerprint density at radius 1 is 1.00 bits per heavy atom. The lowest BCUT2D eigenvalue weighted by Gasteiger charge is -2.21. The van der Waals surface area contributed by atoms with Gasteiger partial charge in [0.2, 0.25) is 5.91 Å². The number of carboxylic acids is 1. The molecule has 0 spiro atoms. The highest BCUT2D eigenvalue weighted by Gasteiger charge is 2.35. The van der Waals surface area contributed by atoms with Crippen LogP contribution in [0.25, 0.3) is 11.1 Å². The van der Waals surface area contributed by atoms with Gasteiger partial charge in [0.25, 0.3) is 0 Å². The molecule has 2 amide bonds. The Labute approximate surface area is 192 Å². The summed E-state index contributed by atoms with van der Waals surface area (Å²) >= 11 is 0. The Kier molecular flexibility index (Phi) is 6.93. The number of aliphatic carboxylic acids is 1. The zero-order valence-electron chi connectivity index (χ0n) is 18.2. The average Bonchev–Trinajstić information content (AvgIpc) is 3.42. The van der Waals surface area contributed by atoms with Crippen LogP contribution in [0.3, 0.4) is 0 Å². The van der Waals surface area contributed by atoms with E-state index in [1.807, 2.05) is 24.3 Å². The Bertz CT molecular complexity index is 994. The van der Waals surface area contributed by atoms with E-state index in [-0.39, 0.29) is 25.0 Å².